The van der Waals surface area contributed by atoms with Gasteiger partial charge in [-0.2, -0.15) is 8.78 Å². The van der Waals surface area contributed by atoms with Crippen molar-refractivity contribution in [1.29, 1.82) is 0 Å². The minimum Gasteiger partial charge on any atom is -0.620 e. The van der Waals surface area contributed by atoms with Crippen LogP contribution in [-0.4, -0.2) is 32.2 Å². The van der Waals surface area contributed by atoms with Gasteiger partial charge in [0.1, 0.15) is 5.58 Å². The number of ether oxygens (including phenoxy) is 1. The van der Waals surface area contributed by atoms with Crippen LogP contribution in [0.25, 0.3) is 32.0 Å². The molecule has 0 fully saturated rings. The summed E-state index contributed by atoms with van der Waals surface area (Å²) in [6.45, 7) is -3.15. The third kappa shape index (κ3) is 6.79. The number of sulfonamides is 1. The van der Waals surface area contributed by atoms with Crippen LogP contribution in [0.5, 0.6) is 5.75 Å². The van der Waals surface area contributed by atoms with E-state index in [4.69, 9.17) is 27.6 Å². The molecule has 2 heterocycles. The predicted octanol–water partition coefficient (Wildman–Crippen LogP) is 0.708. The number of hydrogen-bond donors (Lipinski definition) is 0. The van der Waals surface area contributed by atoms with Crippen molar-refractivity contribution >= 4 is 72.4 Å². The van der Waals surface area contributed by atoms with Crippen LogP contribution >= 0.6 is 23.2 Å². The van der Waals surface area contributed by atoms with Gasteiger partial charge in [0.05, 0.1) is 15.9 Å². The molecule has 0 spiro atoms. The number of pyridine rings is 1. The third-order valence-corrected chi connectivity index (χ3v) is 5.42. The molecule has 0 saturated carbocycles. The van der Waals surface area contributed by atoms with E-state index in [1.807, 2.05) is 0 Å². The molecular formula is C20H11Cl2F2N3Na2O5S. The molecule has 35 heavy (non-hydrogen) atoms. The van der Waals surface area contributed by atoms with Gasteiger partial charge in [-0.05, 0) is 18.2 Å². The second-order valence-corrected chi connectivity index (χ2v) is 9.13. The number of hydrogen-bond acceptors (Lipinski definition) is 6. The van der Waals surface area contributed by atoms with Gasteiger partial charge < -0.3 is 24.0 Å². The van der Waals surface area contributed by atoms with Crippen LogP contribution in [0.2, 0.25) is 10.0 Å². The number of carbonyl (C=O) groups is 1. The number of alkyl halides is 2. The summed E-state index contributed by atoms with van der Waals surface area (Å²) in [6, 6.07) is 6.47. The number of amides is 1. The Morgan fingerprint density at radius 3 is 2.37 bits per heavy atom. The van der Waals surface area contributed by atoms with Gasteiger partial charge in [-0.25, -0.2) is 8.42 Å². The van der Waals surface area contributed by atoms with Crippen LogP contribution < -0.4 is 63.9 Å². The van der Waals surface area contributed by atoms with Crippen molar-refractivity contribution in [2.75, 3.05) is 6.26 Å². The maximum atomic E-state index is 13.1. The van der Waals surface area contributed by atoms with Crippen LogP contribution in [0.15, 0.2) is 47.1 Å². The Kier molecular flexibility index (Phi) is 10.3. The fraction of sp³-hybridized carbons (Fsp3) is 0.100. The zero-order valence-electron chi connectivity index (χ0n) is 18.4. The number of aromatic nitrogens is 1. The minimum absolute atomic E-state index is 0. The number of carbonyl (C=O) groups excluding carboxylic acids is 1. The normalized spacial score (nSPS) is 11.1. The molecule has 2 aromatic heterocycles. The number of benzene rings is 2. The molecule has 1 amide bonds. The van der Waals surface area contributed by atoms with Crippen molar-refractivity contribution in [1.82, 2.24) is 4.98 Å². The van der Waals surface area contributed by atoms with Crippen LogP contribution in [0.3, 0.4) is 0 Å². The molecule has 0 aliphatic heterocycles. The molecule has 172 valence electrons. The number of nitrogens with zero attached hydrogens (tertiary/aromatic N) is 3. The van der Waals surface area contributed by atoms with E-state index in [0.717, 1.165) is 12.3 Å². The predicted molar refractivity (Wildman–Crippen MR) is 120 cm³/mol. The van der Waals surface area contributed by atoms with Crippen molar-refractivity contribution in [3.8, 4) is 5.75 Å². The van der Waals surface area contributed by atoms with Crippen molar-refractivity contribution in [2.24, 2.45) is 0 Å². The zero-order valence-corrected chi connectivity index (χ0v) is 24.8. The Hall–Kier alpha value is -1.15. The fourth-order valence-corrected chi connectivity index (χ4v) is 4.08. The Balaban J connectivity index is 0.00000216. The van der Waals surface area contributed by atoms with Gasteiger partial charge in [-0.1, -0.05) is 41.0 Å². The Morgan fingerprint density at radius 1 is 1.11 bits per heavy atom. The molecule has 0 N–H and O–H groups in total. The summed E-state index contributed by atoms with van der Waals surface area (Å²) in [5.74, 6) is -1.14. The van der Waals surface area contributed by atoms with Gasteiger partial charge in [0.2, 0.25) is 0 Å². The quantitative estimate of drug-likeness (QED) is 0.321. The molecule has 4 aromatic rings. The first kappa shape index (κ1) is 30.1. The van der Waals surface area contributed by atoms with Gasteiger partial charge in [0.15, 0.2) is 11.3 Å². The monoisotopic (exact) mass is 559 g/mol. The summed E-state index contributed by atoms with van der Waals surface area (Å²) in [6.07, 6.45) is 3.41. The second kappa shape index (κ2) is 11.9. The first-order valence-electron chi connectivity index (χ1n) is 8.95. The van der Waals surface area contributed by atoms with E-state index in [1.54, 1.807) is 0 Å². The van der Waals surface area contributed by atoms with Crippen molar-refractivity contribution in [2.45, 2.75) is 6.61 Å². The van der Waals surface area contributed by atoms with E-state index in [1.165, 1.54) is 36.7 Å². The molecule has 0 aliphatic carbocycles. The van der Waals surface area contributed by atoms with E-state index < -0.39 is 22.5 Å². The van der Waals surface area contributed by atoms with Crippen molar-refractivity contribution < 1.29 is 90.3 Å². The summed E-state index contributed by atoms with van der Waals surface area (Å²) in [5.41, 5.74) is -0.0132. The maximum Gasteiger partial charge on any atom is 1.00 e. The van der Waals surface area contributed by atoms with Gasteiger partial charge in [-0.15, -0.1) is 5.69 Å². The van der Waals surface area contributed by atoms with Crippen LogP contribution in [-0.2, 0) is 10.0 Å². The van der Waals surface area contributed by atoms with Crippen LogP contribution in [0.1, 0.15) is 10.4 Å². The molecule has 4 rings (SSSR count). The third-order valence-electron chi connectivity index (χ3n) is 4.33. The molecule has 0 saturated heterocycles. The fourth-order valence-electron chi connectivity index (χ4n) is 3.13. The summed E-state index contributed by atoms with van der Waals surface area (Å²) < 4.78 is 62.7. The number of furan rings is 1. The zero-order chi connectivity index (χ0) is 23.9. The average Bonchev–Trinajstić information content (AvgIpc) is 3.09. The summed E-state index contributed by atoms with van der Waals surface area (Å²) in [5, 5.41) is 4.30. The molecule has 0 bridgehead atoms. The molecule has 2 aromatic carbocycles. The van der Waals surface area contributed by atoms with Crippen molar-refractivity contribution in [3.63, 3.8) is 0 Å². The SMILES string of the molecule is CS(=O)(=O)[N-]c1ccc2oc3c(OC(F)F)ccc(C(=O)[N-]c4c(Cl)cncc4Cl)c3c2c1.[Na+].[Na+]. The van der Waals surface area contributed by atoms with E-state index >= 15 is 0 Å². The number of fused-ring (bicyclic) bond motifs is 3. The van der Waals surface area contributed by atoms with Gasteiger partial charge in [0, 0.05) is 45.0 Å². The molecule has 0 aliphatic rings. The van der Waals surface area contributed by atoms with Crippen molar-refractivity contribution in [3.05, 3.63) is 68.4 Å². The molecule has 0 unspecified atom stereocenters. The standard InChI is InChI=1S/C20H12Cl2F2N3O5S.2Na/c1-33(29,30)27-9-2-4-14-11(6-9)16-10(3-5-15(18(16)31-14)32-20(23)24)19(28)26-17-12(21)7-25-8-13(17)22;;/h2-8,20H,1H3,(H,25,26,28);;/q-1;2*+1/p-1. The molecule has 8 nitrogen and oxygen atoms in total. The molecular weight excluding hydrogens is 549 g/mol. The Bertz CT molecular complexity index is 1500. The Morgan fingerprint density at radius 2 is 1.77 bits per heavy atom. The molecule has 0 atom stereocenters. The first-order chi connectivity index (χ1) is 15.5. The van der Waals surface area contributed by atoms with Gasteiger partial charge in [-0.3, -0.25) is 4.98 Å². The largest absolute Gasteiger partial charge is 1.00 e. The average molecular weight is 560 g/mol. The smallest absolute Gasteiger partial charge is 0.620 e. The Labute approximate surface area is 252 Å². The van der Waals surface area contributed by atoms with E-state index in [2.05, 4.69) is 19.8 Å². The van der Waals surface area contributed by atoms with E-state index in [0.29, 0.717) is 0 Å². The minimum atomic E-state index is -3.73. The first-order valence-corrected chi connectivity index (χ1v) is 11.6. The summed E-state index contributed by atoms with van der Waals surface area (Å²) >= 11 is 12.1. The summed E-state index contributed by atoms with van der Waals surface area (Å²) in [4.78, 5) is 16.9. The van der Waals surface area contributed by atoms with E-state index in [9.17, 15) is 22.0 Å². The van der Waals surface area contributed by atoms with Gasteiger partial charge in [0.25, 0.3) is 0 Å². The maximum absolute atomic E-state index is 13.1. The van der Waals surface area contributed by atoms with Gasteiger partial charge >= 0.3 is 65.7 Å². The molecule has 0 radical (unpaired) electrons. The molecule has 15 heteroatoms. The number of rotatable bonds is 6. The van der Waals surface area contributed by atoms with Crippen LogP contribution in [0.4, 0.5) is 20.2 Å². The summed E-state index contributed by atoms with van der Waals surface area (Å²) in [7, 11) is -3.73. The van der Waals surface area contributed by atoms with E-state index in [-0.39, 0.29) is 114 Å². The topological polar surface area (TPSA) is 115 Å². The second-order valence-electron chi connectivity index (χ2n) is 6.67. The van der Waals surface area contributed by atoms with Crippen LogP contribution in [0, 0.1) is 0 Å². The number of halogens is 4.